The first-order valence-corrected chi connectivity index (χ1v) is 9.52. The number of ether oxygens (including phenoxy) is 2. The summed E-state index contributed by atoms with van der Waals surface area (Å²) in [6, 6.07) is 7.97. The lowest BCUT2D eigenvalue weighted by Crippen LogP contribution is -2.49. The van der Waals surface area contributed by atoms with Gasteiger partial charge in [-0.15, -0.1) is 0 Å². The third-order valence-corrected chi connectivity index (χ3v) is 5.16. The number of anilines is 1. The maximum absolute atomic E-state index is 12.8. The number of hydrogen-bond donors (Lipinski definition) is 0. The maximum Gasteiger partial charge on any atom is 0.254 e. The van der Waals surface area contributed by atoms with Crippen LogP contribution in [-0.2, 0) is 9.47 Å². The normalized spacial score (nSPS) is 23.7. The molecule has 2 heterocycles. The summed E-state index contributed by atoms with van der Waals surface area (Å²) < 4.78 is 11.6. The molecule has 2 aliphatic heterocycles. The van der Waals surface area contributed by atoms with Gasteiger partial charge in [0.2, 0.25) is 0 Å². The zero-order valence-corrected chi connectivity index (χ0v) is 15.4. The van der Waals surface area contributed by atoms with Crippen LogP contribution in [0.15, 0.2) is 24.3 Å². The first-order valence-electron chi connectivity index (χ1n) is 9.52. The van der Waals surface area contributed by atoms with Crippen molar-refractivity contribution < 1.29 is 14.3 Å². The van der Waals surface area contributed by atoms with Crippen LogP contribution in [0.5, 0.6) is 0 Å². The van der Waals surface area contributed by atoms with Crippen molar-refractivity contribution in [1.29, 1.82) is 0 Å². The molecular weight excluding hydrogens is 316 g/mol. The van der Waals surface area contributed by atoms with E-state index in [2.05, 4.69) is 18.9 Å². The van der Waals surface area contributed by atoms with Crippen LogP contribution in [0.25, 0.3) is 0 Å². The summed E-state index contributed by atoms with van der Waals surface area (Å²) in [5.74, 6) is 0.0917. The zero-order valence-electron chi connectivity index (χ0n) is 15.4. The van der Waals surface area contributed by atoms with Crippen LogP contribution >= 0.6 is 0 Å². The van der Waals surface area contributed by atoms with Gasteiger partial charge in [-0.25, -0.2) is 0 Å². The molecule has 0 unspecified atom stereocenters. The second-order valence-corrected chi connectivity index (χ2v) is 7.03. The predicted molar refractivity (Wildman–Crippen MR) is 99.2 cm³/mol. The van der Waals surface area contributed by atoms with Crippen molar-refractivity contribution in [3.8, 4) is 0 Å². The number of amides is 1. The molecule has 5 heteroatoms. The minimum atomic E-state index is 0.0136. The number of carbonyl (C=O) groups is 1. The van der Waals surface area contributed by atoms with Crippen LogP contribution in [0.1, 0.15) is 43.0 Å². The minimum absolute atomic E-state index is 0.0136. The standard InChI is InChI=1S/C20H30N2O3/c1-3-4-11-21(2)17-9-7-16(8-10-17)20(23)22-12-14-25-19(15-22)18-6-5-13-24-18/h7-10,18-19H,3-6,11-15H2,1-2H3/t18-,19+/m1/s1. The van der Waals surface area contributed by atoms with Gasteiger partial charge in [-0.2, -0.15) is 0 Å². The molecule has 1 aromatic rings. The predicted octanol–water partition coefficient (Wildman–Crippen LogP) is 2.94. The molecule has 138 valence electrons. The van der Waals surface area contributed by atoms with E-state index in [0.717, 1.165) is 37.2 Å². The smallest absolute Gasteiger partial charge is 0.254 e. The Bertz CT molecular complexity index is 555. The van der Waals surface area contributed by atoms with Gasteiger partial charge in [0, 0.05) is 44.5 Å². The van der Waals surface area contributed by atoms with Gasteiger partial charge in [0.15, 0.2) is 0 Å². The topological polar surface area (TPSA) is 42.0 Å². The molecule has 5 nitrogen and oxygen atoms in total. The van der Waals surface area contributed by atoms with Crippen molar-refractivity contribution in [3.05, 3.63) is 29.8 Å². The van der Waals surface area contributed by atoms with Crippen molar-refractivity contribution >= 4 is 11.6 Å². The molecular formula is C20H30N2O3. The zero-order chi connectivity index (χ0) is 17.6. The Morgan fingerprint density at radius 1 is 1.20 bits per heavy atom. The molecule has 2 atom stereocenters. The lowest BCUT2D eigenvalue weighted by molar-refractivity contribution is -0.0867. The van der Waals surface area contributed by atoms with Crippen molar-refractivity contribution in [2.24, 2.45) is 0 Å². The van der Waals surface area contributed by atoms with E-state index in [1.165, 1.54) is 12.8 Å². The Hall–Kier alpha value is -1.59. The summed E-state index contributed by atoms with van der Waals surface area (Å²) in [6.45, 7) is 5.92. The quantitative estimate of drug-likeness (QED) is 0.794. The maximum atomic E-state index is 12.8. The van der Waals surface area contributed by atoms with E-state index in [1.54, 1.807) is 0 Å². The number of unbranched alkanes of at least 4 members (excludes halogenated alkanes) is 1. The molecule has 0 saturated carbocycles. The van der Waals surface area contributed by atoms with Gasteiger partial charge in [-0.05, 0) is 43.5 Å². The summed E-state index contributed by atoms with van der Waals surface area (Å²) in [4.78, 5) is 17.0. The van der Waals surface area contributed by atoms with E-state index >= 15 is 0 Å². The lowest BCUT2D eigenvalue weighted by atomic mass is 10.1. The average Bonchev–Trinajstić information content (AvgIpc) is 3.20. The lowest BCUT2D eigenvalue weighted by Gasteiger charge is -2.35. The Morgan fingerprint density at radius 3 is 2.64 bits per heavy atom. The van der Waals surface area contributed by atoms with Crippen molar-refractivity contribution in [3.63, 3.8) is 0 Å². The number of hydrogen-bond acceptors (Lipinski definition) is 4. The molecule has 0 spiro atoms. The molecule has 25 heavy (non-hydrogen) atoms. The van der Waals surface area contributed by atoms with Gasteiger partial charge in [0.25, 0.3) is 5.91 Å². The Balaban J connectivity index is 1.60. The molecule has 0 bridgehead atoms. The van der Waals surface area contributed by atoms with Crippen molar-refractivity contribution in [1.82, 2.24) is 4.90 Å². The Kier molecular flexibility index (Phi) is 6.32. The minimum Gasteiger partial charge on any atom is -0.375 e. The molecule has 2 aliphatic rings. The molecule has 0 N–H and O–H groups in total. The fourth-order valence-electron chi connectivity index (χ4n) is 3.55. The van der Waals surface area contributed by atoms with Gasteiger partial charge in [-0.3, -0.25) is 4.79 Å². The number of benzene rings is 1. The fraction of sp³-hybridized carbons (Fsp3) is 0.650. The van der Waals surface area contributed by atoms with Crippen LogP contribution in [-0.4, -0.2) is 62.9 Å². The molecule has 1 amide bonds. The molecule has 0 aromatic heterocycles. The number of carbonyl (C=O) groups excluding carboxylic acids is 1. The highest BCUT2D eigenvalue weighted by Crippen LogP contribution is 2.22. The van der Waals surface area contributed by atoms with Crippen molar-refractivity contribution in [2.45, 2.75) is 44.8 Å². The Labute approximate surface area is 150 Å². The summed E-state index contributed by atoms with van der Waals surface area (Å²) in [6.07, 6.45) is 4.64. The van der Waals surface area contributed by atoms with E-state index in [1.807, 2.05) is 29.2 Å². The van der Waals surface area contributed by atoms with E-state index in [4.69, 9.17) is 9.47 Å². The summed E-state index contributed by atoms with van der Waals surface area (Å²) >= 11 is 0. The Morgan fingerprint density at radius 2 is 1.96 bits per heavy atom. The molecule has 2 fully saturated rings. The molecule has 0 aliphatic carbocycles. The molecule has 1 aromatic carbocycles. The molecule has 3 rings (SSSR count). The van der Waals surface area contributed by atoms with Gasteiger partial charge in [0.1, 0.15) is 6.10 Å². The fourth-order valence-corrected chi connectivity index (χ4v) is 3.55. The third kappa shape index (κ3) is 4.53. The SMILES string of the molecule is CCCCN(C)c1ccc(C(=O)N2CCO[C@H]([C@H]3CCCO3)C2)cc1. The van der Waals surface area contributed by atoms with Gasteiger partial charge in [0.05, 0.1) is 12.7 Å². The van der Waals surface area contributed by atoms with Gasteiger partial charge in [-0.1, -0.05) is 13.3 Å². The van der Waals surface area contributed by atoms with E-state index in [9.17, 15) is 4.79 Å². The largest absolute Gasteiger partial charge is 0.375 e. The van der Waals surface area contributed by atoms with Gasteiger partial charge < -0.3 is 19.3 Å². The van der Waals surface area contributed by atoms with Crippen LogP contribution in [0.2, 0.25) is 0 Å². The molecule has 2 saturated heterocycles. The summed E-state index contributed by atoms with van der Waals surface area (Å²) in [5, 5.41) is 0. The highest BCUT2D eigenvalue weighted by molar-refractivity contribution is 5.94. The van der Waals surface area contributed by atoms with Crippen LogP contribution < -0.4 is 4.90 Å². The van der Waals surface area contributed by atoms with Crippen molar-refractivity contribution in [2.75, 3.05) is 44.8 Å². The highest BCUT2D eigenvalue weighted by Gasteiger charge is 2.33. The van der Waals surface area contributed by atoms with Gasteiger partial charge >= 0.3 is 0 Å². The van der Waals surface area contributed by atoms with E-state index in [-0.39, 0.29) is 18.1 Å². The van der Waals surface area contributed by atoms with Crippen LogP contribution in [0.4, 0.5) is 5.69 Å². The second kappa shape index (κ2) is 8.68. The number of morpholine rings is 1. The van der Waals surface area contributed by atoms with E-state index in [0.29, 0.717) is 19.7 Å². The van der Waals surface area contributed by atoms with E-state index < -0.39 is 0 Å². The highest BCUT2D eigenvalue weighted by atomic mass is 16.5. The summed E-state index contributed by atoms with van der Waals surface area (Å²) in [5.41, 5.74) is 1.91. The number of nitrogens with zero attached hydrogens (tertiary/aromatic N) is 2. The summed E-state index contributed by atoms with van der Waals surface area (Å²) in [7, 11) is 2.10. The first kappa shape index (κ1) is 18.2. The van der Waals surface area contributed by atoms with Crippen LogP contribution in [0.3, 0.4) is 0 Å². The average molecular weight is 346 g/mol. The molecule has 0 radical (unpaired) electrons. The second-order valence-electron chi connectivity index (χ2n) is 7.03. The number of rotatable bonds is 6. The van der Waals surface area contributed by atoms with Crippen LogP contribution in [0, 0.1) is 0 Å². The third-order valence-electron chi connectivity index (χ3n) is 5.16. The first-order chi connectivity index (χ1) is 12.2. The monoisotopic (exact) mass is 346 g/mol.